The summed E-state index contributed by atoms with van der Waals surface area (Å²) < 4.78 is 0. The van der Waals surface area contributed by atoms with Gasteiger partial charge in [-0.3, -0.25) is 14.4 Å². The second kappa shape index (κ2) is 20.2. The van der Waals surface area contributed by atoms with Crippen LogP contribution < -0.4 is 5.32 Å². The SMILES string of the molecule is O=C(O)CCCCCCCCCCCCCCCCCCC(=O)NCC(=O)O. The summed E-state index contributed by atoms with van der Waals surface area (Å²) in [4.78, 5) is 32.1. The third-order valence-electron chi connectivity index (χ3n) is 4.98. The van der Waals surface area contributed by atoms with Crippen molar-refractivity contribution >= 4 is 17.8 Å². The van der Waals surface area contributed by atoms with Gasteiger partial charge in [0, 0.05) is 12.8 Å². The lowest BCUT2D eigenvalue weighted by Crippen LogP contribution is -2.28. The molecule has 3 N–H and O–H groups in total. The van der Waals surface area contributed by atoms with Gasteiger partial charge in [0.25, 0.3) is 0 Å². The number of hydrogen-bond acceptors (Lipinski definition) is 3. The van der Waals surface area contributed by atoms with Gasteiger partial charge in [0.05, 0.1) is 0 Å². The van der Waals surface area contributed by atoms with Crippen molar-refractivity contribution in [2.75, 3.05) is 6.54 Å². The van der Waals surface area contributed by atoms with E-state index in [1.165, 1.54) is 70.6 Å². The van der Waals surface area contributed by atoms with E-state index in [1.54, 1.807) is 0 Å². The molecule has 0 unspecified atom stereocenters. The molecule has 164 valence electrons. The molecule has 0 fully saturated rings. The summed E-state index contributed by atoms with van der Waals surface area (Å²) >= 11 is 0. The second-order valence-corrected chi connectivity index (χ2v) is 7.72. The largest absolute Gasteiger partial charge is 0.481 e. The monoisotopic (exact) mass is 399 g/mol. The number of amides is 1. The first-order valence-corrected chi connectivity index (χ1v) is 11.2. The van der Waals surface area contributed by atoms with E-state index in [0.717, 1.165) is 32.1 Å². The fourth-order valence-electron chi connectivity index (χ4n) is 3.30. The smallest absolute Gasteiger partial charge is 0.322 e. The van der Waals surface area contributed by atoms with Crippen LogP contribution in [-0.4, -0.2) is 34.6 Å². The molecule has 1 amide bonds. The molecule has 0 aromatic carbocycles. The quantitative estimate of drug-likeness (QED) is 0.227. The van der Waals surface area contributed by atoms with Gasteiger partial charge in [-0.1, -0.05) is 89.9 Å². The van der Waals surface area contributed by atoms with Gasteiger partial charge >= 0.3 is 11.9 Å². The fraction of sp³-hybridized carbons (Fsp3) is 0.864. The molecule has 0 aromatic rings. The molecule has 0 aliphatic heterocycles. The molecule has 0 bridgehead atoms. The molecule has 0 atom stereocenters. The average Bonchev–Trinajstić information content (AvgIpc) is 2.65. The van der Waals surface area contributed by atoms with Crippen LogP contribution >= 0.6 is 0 Å². The molecule has 0 aromatic heterocycles. The van der Waals surface area contributed by atoms with Crippen molar-refractivity contribution in [3.8, 4) is 0 Å². The van der Waals surface area contributed by atoms with Crippen LogP contribution in [0.25, 0.3) is 0 Å². The molecule has 0 heterocycles. The normalized spacial score (nSPS) is 10.7. The number of rotatable bonds is 21. The predicted octanol–water partition coefficient (Wildman–Crippen LogP) is 5.29. The highest BCUT2D eigenvalue weighted by atomic mass is 16.4. The van der Waals surface area contributed by atoms with Gasteiger partial charge < -0.3 is 15.5 Å². The zero-order chi connectivity index (χ0) is 20.9. The highest BCUT2D eigenvalue weighted by Crippen LogP contribution is 2.14. The van der Waals surface area contributed by atoms with E-state index < -0.39 is 11.9 Å². The first kappa shape index (κ1) is 26.4. The molecule has 0 aliphatic rings. The summed E-state index contributed by atoms with van der Waals surface area (Å²) in [7, 11) is 0. The number of nitrogens with one attached hydrogen (secondary N) is 1. The van der Waals surface area contributed by atoms with E-state index in [0.29, 0.717) is 12.8 Å². The van der Waals surface area contributed by atoms with Gasteiger partial charge in [0.1, 0.15) is 6.54 Å². The zero-order valence-corrected chi connectivity index (χ0v) is 17.6. The minimum absolute atomic E-state index is 0.166. The van der Waals surface area contributed by atoms with Gasteiger partial charge in [0.2, 0.25) is 5.91 Å². The maximum absolute atomic E-state index is 11.3. The summed E-state index contributed by atoms with van der Waals surface area (Å²) in [5, 5.41) is 19.4. The molecule has 0 rings (SSSR count). The van der Waals surface area contributed by atoms with Crippen molar-refractivity contribution in [3.63, 3.8) is 0 Å². The van der Waals surface area contributed by atoms with E-state index in [-0.39, 0.29) is 12.5 Å². The number of carbonyl (C=O) groups excluding carboxylic acids is 1. The zero-order valence-electron chi connectivity index (χ0n) is 17.6. The standard InChI is InChI=1S/C22H41NO5/c24-20(23-19-22(27)28)17-15-13-11-9-7-5-3-1-2-4-6-8-10-12-14-16-18-21(25)26/h1-19H2,(H,23,24)(H,25,26)(H,27,28). The van der Waals surface area contributed by atoms with Crippen LogP contribution in [0.4, 0.5) is 0 Å². The van der Waals surface area contributed by atoms with Gasteiger partial charge in [-0.2, -0.15) is 0 Å². The van der Waals surface area contributed by atoms with Crippen LogP contribution in [-0.2, 0) is 14.4 Å². The molecular weight excluding hydrogens is 358 g/mol. The molecular formula is C22H41NO5. The maximum Gasteiger partial charge on any atom is 0.322 e. The van der Waals surface area contributed by atoms with Gasteiger partial charge in [-0.05, 0) is 12.8 Å². The third kappa shape index (κ3) is 22.5. The van der Waals surface area contributed by atoms with Crippen LogP contribution in [0.2, 0.25) is 0 Å². The highest BCUT2D eigenvalue weighted by molar-refractivity contribution is 5.80. The Bertz CT molecular complexity index is 412. The summed E-state index contributed by atoms with van der Waals surface area (Å²) in [6, 6.07) is 0. The van der Waals surface area contributed by atoms with Crippen molar-refractivity contribution in [2.45, 2.75) is 116 Å². The van der Waals surface area contributed by atoms with E-state index >= 15 is 0 Å². The van der Waals surface area contributed by atoms with Gasteiger partial charge in [0.15, 0.2) is 0 Å². The molecule has 6 nitrogen and oxygen atoms in total. The number of carboxylic acid groups (broad SMARTS) is 2. The summed E-state index contributed by atoms with van der Waals surface area (Å²) in [5.41, 5.74) is 0. The third-order valence-corrected chi connectivity index (χ3v) is 4.98. The van der Waals surface area contributed by atoms with Crippen molar-refractivity contribution in [1.82, 2.24) is 5.32 Å². The van der Waals surface area contributed by atoms with Crippen LogP contribution in [0.5, 0.6) is 0 Å². The molecule has 0 aliphatic carbocycles. The number of carbonyl (C=O) groups is 3. The van der Waals surface area contributed by atoms with Crippen LogP contribution in [0.15, 0.2) is 0 Å². The minimum Gasteiger partial charge on any atom is -0.481 e. The number of carboxylic acids is 2. The van der Waals surface area contributed by atoms with E-state index in [1.807, 2.05) is 0 Å². The van der Waals surface area contributed by atoms with Crippen molar-refractivity contribution in [3.05, 3.63) is 0 Å². The summed E-state index contributed by atoms with van der Waals surface area (Å²) in [5.74, 6) is -1.85. The number of aliphatic carboxylic acids is 2. The Kier molecular flexibility index (Phi) is 19.0. The lowest BCUT2D eigenvalue weighted by molar-refractivity contribution is -0.138. The van der Waals surface area contributed by atoms with Crippen molar-refractivity contribution in [1.29, 1.82) is 0 Å². The Labute approximate surface area is 170 Å². The van der Waals surface area contributed by atoms with Gasteiger partial charge in [-0.25, -0.2) is 0 Å². The van der Waals surface area contributed by atoms with Crippen LogP contribution in [0.3, 0.4) is 0 Å². The maximum atomic E-state index is 11.3. The molecule has 0 spiro atoms. The Balaban J connectivity index is 3.11. The Hall–Kier alpha value is -1.59. The second-order valence-electron chi connectivity index (χ2n) is 7.72. The van der Waals surface area contributed by atoms with Crippen LogP contribution in [0.1, 0.15) is 116 Å². The fourth-order valence-corrected chi connectivity index (χ4v) is 3.30. The minimum atomic E-state index is -1.00. The topological polar surface area (TPSA) is 104 Å². The lowest BCUT2D eigenvalue weighted by Gasteiger charge is -2.04. The first-order chi connectivity index (χ1) is 13.5. The lowest BCUT2D eigenvalue weighted by atomic mass is 10.0. The number of unbranched alkanes of at least 4 members (excludes halogenated alkanes) is 15. The summed E-state index contributed by atoms with van der Waals surface area (Å²) in [6.07, 6.45) is 19.7. The number of hydrogen-bond donors (Lipinski definition) is 3. The van der Waals surface area contributed by atoms with E-state index in [4.69, 9.17) is 10.2 Å². The van der Waals surface area contributed by atoms with E-state index in [2.05, 4.69) is 5.32 Å². The van der Waals surface area contributed by atoms with E-state index in [9.17, 15) is 14.4 Å². The molecule has 0 saturated heterocycles. The molecule has 28 heavy (non-hydrogen) atoms. The van der Waals surface area contributed by atoms with Crippen molar-refractivity contribution in [2.24, 2.45) is 0 Å². The predicted molar refractivity (Wildman–Crippen MR) is 111 cm³/mol. The Morgan fingerprint density at radius 3 is 1.11 bits per heavy atom. The average molecular weight is 400 g/mol. The van der Waals surface area contributed by atoms with Crippen molar-refractivity contribution < 1.29 is 24.6 Å². The molecule has 6 heteroatoms. The molecule has 0 saturated carbocycles. The highest BCUT2D eigenvalue weighted by Gasteiger charge is 2.03. The first-order valence-electron chi connectivity index (χ1n) is 11.2. The van der Waals surface area contributed by atoms with Crippen LogP contribution in [0, 0.1) is 0 Å². The Morgan fingerprint density at radius 1 is 0.464 bits per heavy atom. The summed E-state index contributed by atoms with van der Waals surface area (Å²) in [6.45, 7) is -0.284. The molecule has 0 radical (unpaired) electrons. The Morgan fingerprint density at radius 2 is 0.786 bits per heavy atom. The van der Waals surface area contributed by atoms with Gasteiger partial charge in [-0.15, -0.1) is 0 Å².